The van der Waals surface area contributed by atoms with E-state index in [1.165, 1.54) is 11.1 Å². The van der Waals surface area contributed by atoms with Crippen molar-refractivity contribution in [2.24, 2.45) is 10.7 Å². The molecular weight excluding hydrogens is 284 g/mol. The van der Waals surface area contributed by atoms with E-state index >= 15 is 0 Å². The van der Waals surface area contributed by atoms with Crippen molar-refractivity contribution in [3.8, 4) is 0 Å². The topological polar surface area (TPSA) is 55.4 Å². The number of aryl methyl sites for hydroxylation is 3. The third kappa shape index (κ3) is 4.52. The van der Waals surface area contributed by atoms with Crippen LogP contribution >= 0.6 is 0 Å². The molecule has 0 bridgehead atoms. The molecule has 0 aliphatic carbocycles. The van der Waals surface area contributed by atoms with E-state index in [4.69, 9.17) is 5.73 Å². The largest absolute Gasteiger partial charge is 0.384 e. The molecule has 3 heteroatoms. The first-order valence-corrected chi connectivity index (χ1v) is 7.93. The van der Waals surface area contributed by atoms with Crippen molar-refractivity contribution < 1.29 is 4.79 Å². The molecule has 2 rings (SSSR count). The maximum atomic E-state index is 11.5. The Bertz CT molecular complexity index is 715. The monoisotopic (exact) mass is 308 g/mol. The number of Topliss-reactive ketones (excluding diaryl/α,β-unsaturated/α-hetero) is 1. The zero-order chi connectivity index (χ0) is 16.8. The van der Waals surface area contributed by atoms with Gasteiger partial charge >= 0.3 is 0 Å². The molecule has 0 fully saturated rings. The quantitative estimate of drug-likeness (QED) is 0.502. The van der Waals surface area contributed by atoms with Crippen LogP contribution in [0.25, 0.3) is 0 Å². The zero-order valence-electron chi connectivity index (χ0n) is 14.1. The second-order valence-electron chi connectivity index (χ2n) is 5.86. The average molecular weight is 308 g/mol. The molecule has 0 radical (unpaired) electrons. The molecule has 0 heterocycles. The smallest absolute Gasteiger partial charge is 0.160 e. The van der Waals surface area contributed by atoms with E-state index in [0.29, 0.717) is 5.84 Å². The first-order chi connectivity index (χ1) is 11.0. The van der Waals surface area contributed by atoms with Gasteiger partial charge in [-0.25, -0.2) is 0 Å². The van der Waals surface area contributed by atoms with Crippen LogP contribution in [0.4, 0.5) is 0 Å². The summed E-state index contributed by atoms with van der Waals surface area (Å²) in [5.41, 5.74) is 11.2. The summed E-state index contributed by atoms with van der Waals surface area (Å²) in [7, 11) is 1.70. The first kappa shape index (κ1) is 16.9. The molecule has 3 nitrogen and oxygen atoms in total. The Kier molecular flexibility index (Phi) is 5.69. The lowest BCUT2D eigenvalue weighted by atomic mass is 9.98. The molecule has 0 aromatic heterocycles. The predicted octanol–water partition coefficient (Wildman–Crippen LogP) is 3.71. The zero-order valence-corrected chi connectivity index (χ0v) is 14.1. The molecule has 2 aromatic rings. The fourth-order valence-electron chi connectivity index (χ4n) is 2.74. The minimum Gasteiger partial charge on any atom is -0.384 e. The lowest BCUT2D eigenvalue weighted by Gasteiger charge is -2.07. The summed E-state index contributed by atoms with van der Waals surface area (Å²) in [6.07, 6.45) is 3.12. The van der Waals surface area contributed by atoms with Gasteiger partial charge in [-0.2, -0.15) is 0 Å². The summed E-state index contributed by atoms with van der Waals surface area (Å²) in [4.78, 5) is 15.4. The van der Waals surface area contributed by atoms with Crippen molar-refractivity contribution >= 4 is 11.6 Å². The molecule has 0 saturated carbocycles. The third-order valence-corrected chi connectivity index (χ3v) is 4.09. The van der Waals surface area contributed by atoms with Gasteiger partial charge in [0.1, 0.15) is 5.84 Å². The predicted molar refractivity (Wildman–Crippen MR) is 96.3 cm³/mol. The molecule has 0 atom stereocenters. The van der Waals surface area contributed by atoms with Gasteiger partial charge in [0, 0.05) is 18.2 Å². The van der Waals surface area contributed by atoms with E-state index in [0.717, 1.165) is 36.0 Å². The Hall–Kier alpha value is -2.42. The lowest BCUT2D eigenvalue weighted by molar-refractivity contribution is 0.101. The molecule has 0 aliphatic heterocycles. The van der Waals surface area contributed by atoms with Crippen LogP contribution in [0.2, 0.25) is 0 Å². The van der Waals surface area contributed by atoms with E-state index in [2.05, 4.69) is 29.3 Å². The maximum Gasteiger partial charge on any atom is 0.160 e. The van der Waals surface area contributed by atoms with Gasteiger partial charge < -0.3 is 5.73 Å². The van der Waals surface area contributed by atoms with Gasteiger partial charge in [0.15, 0.2) is 5.78 Å². The molecule has 0 amide bonds. The number of nitrogens with zero attached hydrogens (tertiary/aromatic N) is 1. The summed E-state index contributed by atoms with van der Waals surface area (Å²) in [5.74, 6) is 0.696. The van der Waals surface area contributed by atoms with Gasteiger partial charge in [-0.1, -0.05) is 42.5 Å². The standard InChI is InChI=1S/C20H24N2O/c1-14-13-17(9-12-19(14)15(2)23)6-4-5-16-7-10-18(11-8-16)20(21)22-3/h7-13H,4-6H2,1-3H3,(H2,21,22). The van der Waals surface area contributed by atoms with Crippen LogP contribution in [-0.2, 0) is 12.8 Å². The van der Waals surface area contributed by atoms with Crippen LogP contribution in [0.3, 0.4) is 0 Å². The summed E-state index contributed by atoms with van der Waals surface area (Å²) in [6.45, 7) is 3.61. The van der Waals surface area contributed by atoms with Crippen molar-refractivity contribution in [1.29, 1.82) is 0 Å². The molecule has 2 N–H and O–H groups in total. The average Bonchev–Trinajstić information content (AvgIpc) is 2.54. The van der Waals surface area contributed by atoms with Crippen LogP contribution in [-0.4, -0.2) is 18.7 Å². The fraction of sp³-hybridized carbons (Fsp3) is 0.300. The number of carbonyl (C=O) groups excluding carboxylic acids is 1. The minimum atomic E-state index is 0.129. The van der Waals surface area contributed by atoms with Gasteiger partial charge in [0.25, 0.3) is 0 Å². The van der Waals surface area contributed by atoms with Gasteiger partial charge in [-0.05, 0) is 49.8 Å². The molecule has 120 valence electrons. The Balaban J connectivity index is 1.92. The number of amidine groups is 1. The lowest BCUT2D eigenvalue weighted by Crippen LogP contribution is -2.12. The van der Waals surface area contributed by atoms with Crippen LogP contribution in [0, 0.1) is 6.92 Å². The molecule has 2 aromatic carbocycles. The van der Waals surface area contributed by atoms with Crippen LogP contribution in [0.1, 0.15) is 46.0 Å². The molecule has 0 aliphatic rings. The third-order valence-electron chi connectivity index (χ3n) is 4.09. The Labute approximate surface area is 138 Å². The first-order valence-electron chi connectivity index (χ1n) is 7.93. The molecule has 0 unspecified atom stereocenters. The second kappa shape index (κ2) is 7.73. The Morgan fingerprint density at radius 1 is 1.04 bits per heavy atom. The van der Waals surface area contributed by atoms with Crippen molar-refractivity contribution in [2.45, 2.75) is 33.1 Å². The van der Waals surface area contributed by atoms with E-state index in [9.17, 15) is 4.79 Å². The highest BCUT2D eigenvalue weighted by molar-refractivity contribution is 5.97. The van der Waals surface area contributed by atoms with Crippen molar-refractivity contribution in [3.63, 3.8) is 0 Å². The normalized spacial score (nSPS) is 11.5. The van der Waals surface area contributed by atoms with Gasteiger partial charge in [-0.15, -0.1) is 0 Å². The fourth-order valence-corrected chi connectivity index (χ4v) is 2.74. The molecule has 0 spiro atoms. The van der Waals surface area contributed by atoms with Crippen LogP contribution < -0.4 is 5.73 Å². The number of nitrogens with two attached hydrogens (primary N) is 1. The van der Waals surface area contributed by atoms with E-state index < -0.39 is 0 Å². The molecule has 23 heavy (non-hydrogen) atoms. The highest BCUT2D eigenvalue weighted by atomic mass is 16.1. The van der Waals surface area contributed by atoms with Gasteiger partial charge in [0.05, 0.1) is 0 Å². The minimum absolute atomic E-state index is 0.129. The van der Waals surface area contributed by atoms with Crippen LogP contribution in [0.15, 0.2) is 47.5 Å². The number of ketones is 1. The highest BCUT2D eigenvalue weighted by Crippen LogP contribution is 2.15. The van der Waals surface area contributed by atoms with E-state index in [-0.39, 0.29) is 5.78 Å². The number of benzene rings is 2. The van der Waals surface area contributed by atoms with Crippen molar-refractivity contribution in [1.82, 2.24) is 0 Å². The van der Waals surface area contributed by atoms with E-state index in [1.807, 2.05) is 25.1 Å². The number of carbonyl (C=O) groups is 1. The number of aliphatic imine (C=N–C) groups is 1. The van der Waals surface area contributed by atoms with Crippen molar-refractivity contribution in [3.05, 3.63) is 70.3 Å². The number of hydrogen-bond acceptors (Lipinski definition) is 2. The van der Waals surface area contributed by atoms with Gasteiger partial charge in [-0.3, -0.25) is 9.79 Å². The Morgan fingerprint density at radius 2 is 1.65 bits per heavy atom. The van der Waals surface area contributed by atoms with Crippen molar-refractivity contribution in [2.75, 3.05) is 7.05 Å². The SMILES string of the molecule is CN=C(N)c1ccc(CCCc2ccc(C(C)=O)c(C)c2)cc1. The number of hydrogen-bond donors (Lipinski definition) is 1. The Morgan fingerprint density at radius 3 is 2.22 bits per heavy atom. The van der Waals surface area contributed by atoms with E-state index in [1.54, 1.807) is 14.0 Å². The summed E-state index contributed by atoms with van der Waals surface area (Å²) < 4.78 is 0. The van der Waals surface area contributed by atoms with Crippen LogP contribution in [0.5, 0.6) is 0 Å². The highest BCUT2D eigenvalue weighted by Gasteiger charge is 2.05. The molecular formula is C20H24N2O. The maximum absolute atomic E-state index is 11.5. The van der Waals surface area contributed by atoms with Gasteiger partial charge in [0.2, 0.25) is 0 Å². The molecule has 0 saturated heterocycles. The number of rotatable bonds is 6. The summed E-state index contributed by atoms with van der Waals surface area (Å²) in [6, 6.07) is 14.4. The second-order valence-corrected chi connectivity index (χ2v) is 5.86. The summed E-state index contributed by atoms with van der Waals surface area (Å²) in [5, 5.41) is 0. The summed E-state index contributed by atoms with van der Waals surface area (Å²) >= 11 is 0.